The topological polar surface area (TPSA) is 17.1 Å². The van der Waals surface area contributed by atoms with E-state index < -0.39 is 0 Å². The van der Waals surface area contributed by atoms with Crippen LogP contribution in [0.3, 0.4) is 0 Å². The van der Waals surface area contributed by atoms with E-state index in [1.54, 1.807) is 6.07 Å². The molecule has 0 bridgehead atoms. The van der Waals surface area contributed by atoms with Gasteiger partial charge in [0.1, 0.15) is 5.82 Å². The lowest BCUT2D eigenvalue weighted by molar-refractivity contribution is 0.103. The van der Waals surface area contributed by atoms with Gasteiger partial charge in [0.05, 0.1) is 4.47 Å². The van der Waals surface area contributed by atoms with Crippen LogP contribution in [0, 0.1) is 5.82 Å². The molecule has 0 aliphatic heterocycles. The van der Waals surface area contributed by atoms with Crippen molar-refractivity contribution in [2.24, 2.45) is 0 Å². The number of ketones is 1. The van der Waals surface area contributed by atoms with Crippen LogP contribution >= 0.6 is 15.9 Å². The van der Waals surface area contributed by atoms with Gasteiger partial charge in [0, 0.05) is 11.1 Å². The fraction of sp³-hybridized carbons (Fsp3) is 0.188. The normalized spacial score (nSPS) is 10.5. The van der Waals surface area contributed by atoms with Gasteiger partial charge in [-0.15, -0.1) is 0 Å². The van der Waals surface area contributed by atoms with Crippen molar-refractivity contribution < 1.29 is 9.18 Å². The second-order valence-corrected chi connectivity index (χ2v) is 5.26. The summed E-state index contributed by atoms with van der Waals surface area (Å²) in [5.41, 5.74) is 2.28. The van der Waals surface area contributed by atoms with Crippen molar-refractivity contribution in [2.75, 3.05) is 0 Å². The molecule has 2 aromatic carbocycles. The van der Waals surface area contributed by atoms with Gasteiger partial charge >= 0.3 is 0 Å². The lowest BCUT2D eigenvalue weighted by atomic mass is 10.00. The molecule has 2 aromatic rings. The summed E-state index contributed by atoms with van der Waals surface area (Å²) in [6, 6.07) is 11.9. The molecule has 1 nitrogen and oxygen atoms in total. The molecule has 19 heavy (non-hydrogen) atoms. The predicted molar refractivity (Wildman–Crippen MR) is 78.0 cm³/mol. The highest BCUT2D eigenvalue weighted by Crippen LogP contribution is 2.19. The minimum atomic E-state index is -0.365. The monoisotopic (exact) mass is 320 g/mol. The van der Waals surface area contributed by atoms with Crippen molar-refractivity contribution in [1.82, 2.24) is 0 Å². The van der Waals surface area contributed by atoms with E-state index in [1.807, 2.05) is 18.2 Å². The SMILES string of the molecule is CCCc1cccc(C(=O)c2ccc(F)c(Br)c2)c1. The number of benzene rings is 2. The largest absolute Gasteiger partial charge is 0.289 e. The second kappa shape index (κ2) is 6.11. The molecule has 0 saturated carbocycles. The lowest BCUT2D eigenvalue weighted by Crippen LogP contribution is -2.02. The third-order valence-electron chi connectivity index (χ3n) is 2.91. The van der Waals surface area contributed by atoms with Crippen molar-refractivity contribution in [2.45, 2.75) is 19.8 Å². The summed E-state index contributed by atoms with van der Waals surface area (Å²) in [5.74, 6) is -0.449. The van der Waals surface area contributed by atoms with Crippen molar-refractivity contribution in [1.29, 1.82) is 0 Å². The first kappa shape index (κ1) is 13.9. The van der Waals surface area contributed by atoms with E-state index in [9.17, 15) is 9.18 Å². The van der Waals surface area contributed by atoms with Gasteiger partial charge in [0.25, 0.3) is 0 Å². The summed E-state index contributed by atoms with van der Waals surface area (Å²) in [5, 5.41) is 0. The van der Waals surface area contributed by atoms with E-state index in [2.05, 4.69) is 22.9 Å². The highest BCUT2D eigenvalue weighted by Gasteiger charge is 2.11. The van der Waals surface area contributed by atoms with Gasteiger partial charge < -0.3 is 0 Å². The van der Waals surface area contributed by atoms with Crippen LogP contribution in [0.1, 0.15) is 34.8 Å². The number of hydrogen-bond acceptors (Lipinski definition) is 1. The van der Waals surface area contributed by atoms with Crippen LogP contribution in [0.5, 0.6) is 0 Å². The number of aryl methyl sites for hydroxylation is 1. The number of halogens is 2. The Kier molecular flexibility index (Phi) is 4.48. The summed E-state index contributed by atoms with van der Waals surface area (Å²) in [6.45, 7) is 2.10. The van der Waals surface area contributed by atoms with Crippen LogP contribution in [0.15, 0.2) is 46.9 Å². The van der Waals surface area contributed by atoms with Crippen molar-refractivity contribution in [3.63, 3.8) is 0 Å². The Hall–Kier alpha value is -1.48. The molecule has 0 unspecified atom stereocenters. The zero-order chi connectivity index (χ0) is 13.8. The predicted octanol–water partition coefficient (Wildman–Crippen LogP) is 4.77. The van der Waals surface area contributed by atoms with E-state index in [0.717, 1.165) is 18.4 Å². The zero-order valence-electron chi connectivity index (χ0n) is 10.6. The summed E-state index contributed by atoms with van der Waals surface area (Å²) >= 11 is 3.10. The zero-order valence-corrected chi connectivity index (χ0v) is 12.2. The van der Waals surface area contributed by atoms with E-state index in [1.165, 1.54) is 18.2 Å². The molecule has 98 valence electrons. The number of hydrogen-bond donors (Lipinski definition) is 0. The van der Waals surface area contributed by atoms with Crippen LogP contribution in [-0.4, -0.2) is 5.78 Å². The smallest absolute Gasteiger partial charge is 0.193 e. The van der Waals surface area contributed by atoms with E-state index in [0.29, 0.717) is 15.6 Å². The van der Waals surface area contributed by atoms with Gasteiger partial charge in [-0.3, -0.25) is 4.79 Å². The Labute approximate surface area is 120 Å². The van der Waals surface area contributed by atoms with Crippen LogP contribution in [-0.2, 0) is 6.42 Å². The quantitative estimate of drug-likeness (QED) is 0.741. The van der Waals surface area contributed by atoms with Crippen molar-refractivity contribution in [3.05, 3.63) is 69.4 Å². The Morgan fingerprint density at radius 2 is 1.89 bits per heavy atom. The average molecular weight is 321 g/mol. The standard InChI is InChI=1S/C16H14BrFO/c1-2-4-11-5-3-6-12(9-11)16(19)13-7-8-15(18)14(17)10-13/h3,5-10H,2,4H2,1H3. The molecule has 0 saturated heterocycles. The first-order valence-corrected chi connectivity index (χ1v) is 7.00. The maximum Gasteiger partial charge on any atom is 0.193 e. The van der Waals surface area contributed by atoms with Crippen molar-refractivity contribution >= 4 is 21.7 Å². The molecule has 0 radical (unpaired) electrons. The van der Waals surface area contributed by atoms with Gasteiger partial charge in [-0.05, 0) is 52.2 Å². The highest BCUT2D eigenvalue weighted by molar-refractivity contribution is 9.10. The van der Waals surface area contributed by atoms with Crippen LogP contribution in [0.25, 0.3) is 0 Å². The Morgan fingerprint density at radius 1 is 1.16 bits per heavy atom. The molecule has 0 N–H and O–H groups in total. The highest BCUT2D eigenvalue weighted by atomic mass is 79.9. The number of carbonyl (C=O) groups excluding carboxylic acids is 1. The first-order valence-electron chi connectivity index (χ1n) is 6.20. The lowest BCUT2D eigenvalue weighted by Gasteiger charge is -2.05. The molecule has 3 heteroatoms. The fourth-order valence-corrected chi connectivity index (χ4v) is 2.34. The molecule has 0 fully saturated rings. The first-order chi connectivity index (χ1) is 9.11. The van der Waals surface area contributed by atoms with Gasteiger partial charge in [-0.1, -0.05) is 31.5 Å². The molecule has 0 aromatic heterocycles. The maximum atomic E-state index is 13.2. The van der Waals surface area contributed by atoms with Gasteiger partial charge in [0.15, 0.2) is 5.78 Å². The number of rotatable bonds is 4. The van der Waals surface area contributed by atoms with E-state index in [4.69, 9.17) is 0 Å². The molecule has 0 aliphatic carbocycles. The molecule has 2 rings (SSSR count). The molecular formula is C16H14BrFO. The summed E-state index contributed by atoms with van der Waals surface area (Å²) in [6.07, 6.45) is 1.99. The van der Waals surface area contributed by atoms with Crippen LogP contribution in [0.2, 0.25) is 0 Å². The molecule has 0 atom stereocenters. The maximum absolute atomic E-state index is 13.2. The molecule has 0 amide bonds. The molecule has 0 spiro atoms. The molecule has 0 aliphatic rings. The Morgan fingerprint density at radius 3 is 2.58 bits per heavy atom. The Balaban J connectivity index is 2.32. The Bertz CT molecular complexity index is 607. The van der Waals surface area contributed by atoms with Gasteiger partial charge in [0.2, 0.25) is 0 Å². The van der Waals surface area contributed by atoms with Crippen LogP contribution in [0.4, 0.5) is 4.39 Å². The second-order valence-electron chi connectivity index (χ2n) is 4.41. The number of carbonyl (C=O) groups is 1. The molecule has 0 heterocycles. The summed E-state index contributed by atoms with van der Waals surface area (Å²) < 4.78 is 13.5. The van der Waals surface area contributed by atoms with E-state index in [-0.39, 0.29) is 11.6 Å². The van der Waals surface area contributed by atoms with Gasteiger partial charge in [-0.2, -0.15) is 0 Å². The van der Waals surface area contributed by atoms with Crippen LogP contribution < -0.4 is 0 Å². The fourth-order valence-electron chi connectivity index (χ4n) is 1.96. The average Bonchev–Trinajstić information content (AvgIpc) is 2.42. The van der Waals surface area contributed by atoms with Crippen molar-refractivity contribution in [3.8, 4) is 0 Å². The molecular weight excluding hydrogens is 307 g/mol. The minimum Gasteiger partial charge on any atom is -0.289 e. The summed E-state index contributed by atoms with van der Waals surface area (Å²) in [4.78, 5) is 12.3. The minimum absolute atomic E-state index is 0.0846. The van der Waals surface area contributed by atoms with Gasteiger partial charge in [-0.25, -0.2) is 4.39 Å². The van der Waals surface area contributed by atoms with E-state index >= 15 is 0 Å². The third-order valence-corrected chi connectivity index (χ3v) is 3.52. The summed E-state index contributed by atoms with van der Waals surface area (Å²) in [7, 11) is 0. The third kappa shape index (κ3) is 3.29.